The first kappa shape index (κ1) is 81.6. The molecule has 0 heterocycles. The predicted molar refractivity (Wildman–Crippen MR) is 366 cm³/mol. The highest BCUT2D eigenvalue weighted by Crippen LogP contribution is 2.20. The first-order valence-electron chi connectivity index (χ1n) is 38.4. The molecule has 0 rings (SSSR count). The predicted octanol–water partition coefficient (Wildman–Crippen LogP) is 25.1. The van der Waals surface area contributed by atoms with Crippen LogP contribution in [0.4, 0.5) is 0 Å². The Bertz CT molecular complexity index is 1260. The van der Waals surface area contributed by atoms with Crippen LogP contribution in [0, 0.1) is 0 Å². The summed E-state index contributed by atoms with van der Waals surface area (Å²) in [6.07, 6.45) is 91.5. The topological polar surface area (TPSA) is 95.9 Å². The molecule has 0 spiro atoms. The van der Waals surface area contributed by atoms with Crippen molar-refractivity contribution in [2.45, 2.75) is 456 Å². The van der Waals surface area contributed by atoms with Crippen LogP contribution in [0.5, 0.6) is 0 Å². The van der Waals surface area contributed by atoms with Crippen molar-refractivity contribution in [1.29, 1.82) is 0 Å². The fourth-order valence-electron chi connectivity index (χ4n) is 12.5. The summed E-state index contributed by atoms with van der Waals surface area (Å²) in [6, 6.07) is -0.539. The van der Waals surface area contributed by atoms with Gasteiger partial charge in [0.25, 0.3) is 0 Å². The van der Waals surface area contributed by atoms with Crippen LogP contribution >= 0.6 is 0 Å². The summed E-state index contributed by atoms with van der Waals surface area (Å²) in [6.45, 7) is 5.00. The lowest BCUT2D eigenvalue weighted by Gasteiger charge is -2.22. The van der Waals surface area contributed by atoms with Gasteiger partial charge < -0.3 is 20.3 Å². The van der Waals surface area contributed by atoms with Crippen molar-refractivity contribution in [3.63, 3.8) is 0 Å². The number of allylic oxidation sites excluding steroid dienone is 2. The maximum Gasteiger partial charge on any atom is 0.305 e. The fourth-order valence-corrected chi connectivity index (χ4v) is 12.5. The van der Waals surface area contributed by atoms with Crippen LogP contribution in [-0.4, -0.2) is 47.4 Å². The second-order valence-electron chi connectivity index (χ2n) is 26.7. The van der Waals surface area contributed by atoms with Gasteiger partial charge in [-0.1, -0.05) is 392 Å². The number of hydrogen-bond acceptors (Lipinski definition) is 5. The molecule has 6 nitrogen and oxygen atoms in total. The Morgan fingerprint density at radius 2 is 0.566 bits per heavy atom. The molecular formula is C77H151NO5. The molecule has 0 fully saturated rings. The molecule has 6 heteroatoms. The molecular weight excluding hydrogens is 1020 g/mol. The van der Waals surface area contributed by atoms with Crippen LogP contribution in [0.3, 0.4) is 0 Å². The van der Waals surface area contributed by atoms with Gasteiger partial charge in [-0.2, -0.15) is 0 Å². The first-order chi connectivity index (χ1) is 41.0. The molecule has 0 saturated carbocycles. The lowest BCUT2D eigenvalue weighted by molar-refractivity contribution is -0.143. The second-order valence-corrected chi connectivity index (χ2v) is 26.7. The highest BCUT2D eigenvalue weighted by Gasteiger charge is 2.20. The second kappa shape index (κ2) is 73.1. The third-order valence-electron chi connectivity index (χ3n) is 18.3. The van der Waals surface area contributed by atoms with Crippen molar-refractivity contribution >= 4 is 11.9 Å². The Morgan fingerprint density at radius 3 is 0.855 bits per heavy atom. The van der Waals surface area contributed by atoms with Gasteiger partial charge in [-0.25, -0.2) is 0 Å². The largest absolute Gasteiger partial charge is 0.466 e. The van der Waals surface area contributed by atoms with Gasteiger partial charge in [-0.3, -0.25) is 9.59 Å². The van der Waals surface area contributed by atoms with Gasteiger partial charge in [-0.05, 0) is 51.4 Å². The van der Waals surface area contributed by atoms with E-state index in [2.05, 4.69) is 31.3 Å². The summed E-state index contributed by atoms with van der Waals surface area (Å²) in [7, 11) is 0. The number of carbonyl (C=O) groups excluding carboxylic acids is 2. The van der Waals surface area contributed by atoms with Crippen LogP contribution in [0.1, 0.15) is 444 Å². The molecule has 0 aromatic rings. The normalized spacial score (nSPS) is 12.5. The van der Waals surface area contributed by atoms with Crippen molar-refractivity contribution in [1.82, 2.24) is 5.32 Å². The number of nitrogens with one attached hydrogen (secondary N) is 1. The lowest BCUT2D eigenvalue weighted by atomic mass is 10.0. The third kappa shape index (κ3) is 69.6. The minimum Gasteiger partial charge on any atom is -0.466 e. The number of unbranched alkanes of at least 4 members (excludes halogenated alkanes) is 60. The number of esters is 1. The molecule has 0 aromatic carbocycles. The first-order valence-corrected chi connectivity index (χ1v) is 38.4. The molecule has 0 bridgehead atoms. The Balaban J connectivity index is 3.33. The van der Waals surface area contributed by atoms with Crippen LogP contribution in [0.25, 0.3) is 0 Å². The zero-order valence-electron chi connectivity index (χ0n) is 56.7. The standard InChI is InChI=1S/C77H151NO5/c1-3-5-7-9-11-13-15-17-18-19-37-40-43-46-49-53-57-61-65-69-75(80)74(73-79)78-76(81)70-66-62-58-54-50-47-44-41-38-35-33-31-29-27-25-23-21-20-22-24-26-28-30-32-34-36-39-42-45-48-52-56-60-64-68-72-83-77(82)71-67-63-59-55-51-16-14-12-10-8-6-4-2/h22,24,74-75,79-80H,3-21,23,25-73H2,1-2H3,(H,78,81)/b24-22-. The van der Waals surface area contributed by atoms with Gasteiger partial charge in [0.05, 0.1) is 25.4 Å². The Labute approximate surface area is 520 Å². The third-order valence-corrected chi connectivity index (χ3v) is 18.3. The van der Waals surface area contributed by atoms with Crippen LogP contribution < -0.4 is 5.32 Å². The summed E-state index contributed by atoms with van der Waals surface area (Å²) in [5.41, 5.74) is 0. The van der Waals surface area contributed by atoms with E-state index in [9.17, 15) is 19.8 Å². The Hall–Kier alpha value is -1.40. The van der Waals surface area contributed by atoms with Crippen molar-refractivity contribution < 1.29 is 24.5 Å². The smallest absolute Gasteiger partial charge is 0.305 e. The lowest BCUT2D eigenvalue weighted by Crippen LogP contribution is -2.45. The van der Waals surface area contributed by atoms with Crippen LogP contribution in [-0.2, 0) is 14.3 Å². The van der Waals surface area contributed by atoms with Crippen molar-refractivity contribution in [2.24, 2.45) is 0 Å². The van der Waals surface area contributed by atoms with E-state index in [0.717, 1.165) is 38.5 Å². The molecule has 83 heavy (non-hydrogen) atoms. The zero-order valence-corrected chi connectivity index (χ0v) is 56.7. The number of amides is 1. The van der Waals surface area contributed by atoms with Gasteiger partial charge >= 0.3 is 5.97 Å². The molecule has 494 valence electrons. The minimum atomic E-state index is -0.662. The number of carbonyl (C=O) groups is 2. The molecule has 0 radical (unpaired) electrons. The fraction of sp³-hybridized carbons (Fsp3) is 0.948. The Kier molecular flexibility index (Phi) is 71.8. The van der Waals surface area contributed by atoms with E-state index in [1.54, 1.807) is 0 Å². The van der Waals surface area contributed by atoms with E-state index in [1.807, 2.05) is 0 Å². The quantitative estimate of drug-likeness (QED) is 0.0320. The molecule has 0 aliphatic carbocycles. The summed E-state index contributed by atoms with van der Waals surface area (Å²) in [4.78, 5) is 24.6. The molecule has 0 aromatic heterocycles. The molecule has 0 saturated heterocycles. The zero-order chi connectivity index (χ0) is 59.9. The van der Waals surface area contributed by atoms with E-state index in [-0.39, 0.29) is 18.5 Å². The van der Waals surface area contributed by atoms with Crippen molar-refractivity contribution in [2.75, 3.05) is 13.2 Å². The van der Waals surface area contributed by atoms with Crippen LogP contribution in [0.2, 0.25) is 0 Å². The van der Waals surface area contributed by atoms with E-state index >= 15 is 0 Å². The number of rotatable bonds is 73. The number of aliphatic hydroxyl groups excluding tert-OH is 2. The van der Waals surface area contributed by atoms with E-state index < -0.39 is 12.1 Å². The van der Waals surface area contributed by atoms with Gasteiger partial charge in [0.1, 0.15) is 0 Å². The Morgan fingerprint density at radius 1 is 0.325 bits per heavy atom. The summed E-state index contributed by atoms with van der Waals surface area (Å²) in [5, 5.41) is 23.4. The maximum absolute atomic E-state index is 12.5. The van der Waals surface area contributed by atoms with E-state index in [1.165, 1.54) is 372 Å². The van der Waals surface area contributed by atoms with E-state index in [4.69, 9.17) is 4.74 Å². The van der Waals surface area contributed by atoms with E-state index in [0.29, 0.717) is 25.9 Å². The highest BCUT2D eigenvalue weighted by atomic mass is 16.5. The minimum absolute atomic E-state index is 0.0219. The number of hydrogen-bond donors (Lipinski definition) is 3. The van der Waals surface area contributed by atoms with Crippen molar-refractivity contribution in [3.8, 4) is 0 Å². The summed E-state index contributed by atoms with van der Waals surface area (Å²) < 4.78 is 5.49. The van der Waals surface area contributed by atoms with Gasteiger partial charge in [0, 0.05) is 12.8 Å². The van der Waals surface area contributed by atoms with Gasteiger partial charge in [-0.15, -0.1) is 0 Å². The molecule has 3 N–H and O–H groups in total. The molecule has 0 aliphatic heterocycles. The molecule has 1 amide bonds. The average molecular weight is 1170 g/mol. The monoisotopic (exact) mass is 1170 g/mol. The molecule has 2 atom stereocenters. The number of aliphatic hydroxyl groups is 2. The molecule has 2 unspecified atom stereocenters. The number of ether oxygens (including phenoxy) is 1. The maximum atomic E-state index is 12.5. The SMILES string of the molecule is CCCCCCCCCCCCCCCCCCCCCC(O)C(CO)NC(=O)CCCCCCCCCCCCCCCCCCC/C=C\CCCCCCCCCCCCCCCCOC(=O)CCCCCCCCCCCCCC. The average Bonchev–Trinajstić information content (AvgIpc) is 3.49. The van der Waals surface area contributed by atoms with Gasteiger partial charge in [0.15, 0.2) is 0 Å². The summed E-state index contributed by atoms with van der Waals surface area (Å²) >= 11 is 0. The molecule has 0 aliphatic rings. The highest BCUT2D eigenvalue weighted by molar-refractivity contribution is 5.76. The summed E-state index contributed by atoms with van der Waals surface area (Å²) in [5.74, 6) is -0.00440. The van der Waals surface area contributed by atoms with Crippen molar-refractivity contribution in [3.05, 3.63) is 12.2 Å². The van der Waals surface area contributed by atoms with Gasteiger partial charge in [0.2, 0.25) is 5.91 Å². The van der Waals surface area contributed by atoms with Crippen LogP contribution in [0.15, 0.2) is 12.2 Å².